The second kappa shape index (κ2) is 14.6. The van der Waals surface area contributed by atoms with E-state index in [0.717, 1.165) is 18.2 Å². The summed E-state index contributed by atoms with van der Waals surface area (Å²) in [6.07, 6.45) is 3.68. The number of hydrogen-bond donors (Lipinski definition) is 6. The number of carbonyl (C=O) groups excluding carboxylic acids is 3. The predicted octanol–water partition coefficient (Wildman–Crippen LogP) is -3.22. The Labute approximate surface area is 150 Å². The number of hydrogen-bond acceptors (Lipinski definition) is 7. The van der Waals surface area contributed by atoms with Crippen LogP contribution in [0.5, 0.6) is 0 Å². The van der Waals surface area contributed by atoms with Gasteiger partial charge < -0.3 is 31.3 Å². The highest BCUT2D eigenvalue weighted by atomic mass is 16.4. The average molecular weight is 372 g/mol. The second-order valence-corrected chi connectivity index (χ2v) is 4.86. The smallest absolute Gasteiger partial charge is 0.328 e. The molecule has 0 spiro atoms. The number of rotatable bonds is 13. The van der Waals surface area contributed by atoms with Gasteiger partial charge in [-0.3, -0.25) is 19.3 Å². The molecule has 0 aromatic heterocycles. The van der Waals surface area contributed by atoms with E-state index in [1.165, 1.54) is 0 Å². The lowest BCUT2D eigenvalue weighted by molar-refractivity contribution is -0.131. The minimum absolute atomic E-state index is 0.0961. The third kappa shape index (κ3) is 13.7. The van der Waals surface area contributed by atoms with Crippen molar-refractivity contribution in [2.45, 2.75) is 0 Å². The van der Waals surface area contributed by atoms with Gasteiger partial charge in [0.1, 0.15) is 0 Å². The Morgan fingerprint density at radius 3 is 1.54 bits per heavy atom. The summed E-state index contributed by atoms with van der Waals surface area (Å²) in [7, 11) is 0. The van der Waals surface area contributed by atoms with Crippen LogP contribution in [0.1, 0.15) is 0 Å². The van der Waals surface area contributed by atoms with E-state index >= 15 is 0 Å². The molecule has 146 valence electrons. The van der Waals surface area contributed by atoms with Crippen molar-refractivity contribution in [1.82, 2.24) is 20.9 Å². The molecular formula is C15H24N4O7. The molecule has 0 aromatic carbocycles. The molecule has 0 aliphatic carbocycles. The lowest BCUT2D eigenvalue weighted by Crippen LogP contribution is -2.39. The van der Waals surface area contributed by atoms with E-state index in [1.54, 1.807) is 4.90 Å². The quantitative estimate of drug-likeness (QED) is 0.145. The molecule has 0 saturated heterocycles. The Morgan fingerprint density at radius 1 is 0.731 bits per heavy atom. The van der Waals surface area contributed by atoms with Gasteiger partial charge >= 0.3 is 5.97 Å². The summed E-state index contributed by atoms with van der Waals surface area (Å²) in [6, 6.07) is 0. The summed E-state index contributed by atoms with van der Waals surface area (Å²) in [5, 5.41) is 33.4. The lowest BCUT2D eigenvalue weighted by atomic mass is 10.4. The molecule has 0 rings (SSSR count). The van der Waals surface area contributed by atoms with Gasteiger partial charge in [0.15, 0.2) is 0 Å². The zero-order valence-electron chi connectivity index (χ0n) is 14.2. The number of aliphatic hydroxyl groups is 2. The minimum atomic E-state index is -1.23. The number of amides is 3. The van der Waals surface area contributed by atoms with Crippen molar-refractivity contribution in [3.63, 3.8) is 0 Å². The number of carboxylic acid groups (broad SMARTS) is 1. The Morgan fingerprint density at radius 2 is 1.15 bits per heavy atom. The maximum Gasteiger partial charge on any atom is 0.328 e. The maximum atomic E-state index is 11.5. The summed E-state index contributed by atoms with van der Waals surface area (Å²) in [5.74, 6) is -2.79. The molecule has 0 aliphatic rings. The van der Waals surface area contributed by atoms with Crippen LogP contribution in [0, 0.1) is 0 Å². The molecule has 0 saturated carbocycles. The second-order valence-electron chi connectivity index (χ2n) is 4.86. The van der Waals surface area contributed by atoms with Crippen LogP contribution in [-0.2, 0) is 19.2 Å². The Bertz CT molecular complexity index is 534. The molecule has 0 heterocycles. The van der Waals surface area contributed by atoms with Crippen molar-refractivity contribution in [3.8, 4) is 0 Å². The van der Waals surface area contributed by atoms with Gasteiger partial charge in [-0.15, -0.1) is 0 Å². The molecule has 0 atom stereocenters. The molecule has 3 amide bonds. The van der Waals surface area contributed by atoms with Crippen LogP contribution in [0.3, 0.4) is 0 Å². The van der Waals surface area contributed by atoms with Gasteiger partial charge in [0.05, 0.1) is 13.3 Å². The van der Waals surface area contributed by atoms with Gasteiger partial charge in [0.2, 0.25) is 17.7 Å². The van der Waals surface area contributed by atoms with Crippen molar-refractivity contribution in [2.75, 3.05) is 46.1 Å². The zero-order chi connectivity index (χ0) is 19.8. The van der Waals surface area contributed by atoms with E-state index in [-0.39, 0.29) is 33.0 Å². The van der Waals surface area contributed by atoms with Crippen molar-refractivity contribution in [3.05, 3.63) is 24.3 Å². The molecule has 0 fully saturated rings. The van der Waals surface area contributed by atoms with Gasteiger partial charge in [-0.1, -0.05) is 0 Å². The van der Waals surface area contributed by atoms with Crippen LogP contribution in [0.25, 0.3) is 0 Å². The third-order valence-electron chi connectivity index (χ3n) is 2.83. The number of carbonyl (C=O) groups is 4. The van der Waals surface area contributed by atoms with Gasteiger partial charge in [-0.2, -0.15) is 0 Å². The number of nitrogens with zero attached hydrogens (tertiary/aromatic N) is 1. The van der Waals surface area contributed by atoms with E-state index in [4.69, 9.17) is 10.2 Å². The van der Waals surface area contributed by atoms with E-state index in [1.807, 2.05) is 0 Å². The first-order valence-electron chi connectivity index (χ1n) is 7.75. The van der Waals surface area contributed by atoms with Gasteiger partial charge in [0, 0.05) is 57.0 Å². The van der Waals surface area contributed by atoms with Gasteiger partial charge in [-0.05, 0) is 0 Å². The van der Waals surface area contributed by atoms with Crippen molar-refractivity contribution in [1.29, 1.82) is 0 Å². The third-order valence-corrected chi connectivity index (χ3v) is 2.83. The van der Waals surface area contributed by atoms with E-state index in [9.17, 15) is 24.3 Å². The average Bonchev–Trinajstić information content (AvgIpc) is 2.61. The van der Waals surface area contributed by atoms with E-state index in [2.05, 4.69) is 16.0 Å². The molecule has 11 heteroatoms. The first kappa shape index (κ1) is 23.2. The summed E-state index contributed by atoms with van der Waals surface area (Å²) >= 11 is 0. The molecule has 0 aliphatic heterocycles. The first-order chi connectivity index (χ1) is 12.4. The summed E-state index contributed by atoms with van der Waals surface area (Å²) in [4.78, 5) is 45.7. The molecular weight excluding hydrogens is 348 g/mol. The highest BCUT2D eigenvalue weighted by molar-refractivity contribution is 5.96. The van der Waals surface area contributed by atoms with E-state index in [0.29, 0.717) is 19.2 Å². The number of carboxylic acids is 1. The Hall–Kier alpha value is -2.76. The highest BCUT2D eigenvalue weighted by Crippen LogP contribution is 1.85. The van der Waals surface area contributed by atoms with Crippen molar-refractivity contribution < 1.29 is 34.5 Å². The first-order valence-corrected chi connectivity index (χ1v) is 7.75. The largest absolute Gasteiger partial charge is 0.478 e. The fraction of sp³-hybridized carbons (Fsp3) is 0.467. The molecule has 26 heavy (non-hydrogen) atoms. The fourth-order valence-corrected chi connectivity index (χ4v) is 1.58. The fourth-order valence-electron chi connectivity index (χ4n) is 1.58. The maximum absolute atomic E-state index is 11.5. The van der Waals surface area contributed by atoms with Crippen LogP contribution in [-0.4, -0.2) is 90.0 Å². The molecule has 0 bridgehead atoms. The van der Waals surface area contributed by atoms with Gasteiger partial charge in [-0.25, -0.2) is 4.79 Å². The molecule has 0 unspecified atom stereocenters. The number of aliphatic hydroxyl groups excluding tert-OH is 2. The molecule has 6 N–H and O–H groups in total. The Balaban J connectivity index is 3.98. The van der Waals surface area contributed by atoms with Crippen LogP contribution >= 0.6 is 0 Å². The molecule has 0 aromatic rings. The number of aliphatic carboxylic acids is 1. The van der Waals surface area contributed by atoms with Crippen molar-refractivity contribution >= 4 is 23.7 Å². The SMILES string of the molecule is O=C(O)/C=C\C(=O)NCCN(CO)CCNC(=O)/C=C\C(=O)NCCO. The topological polar surface area (TPSA) is 168 Å². The minimum Gasteiger partial charge on any atom is -0.478 e. The molecule has 0 radical (unpaired) electrons. The predicted molar refractivity (Wildman–Crippen MR) is 90.7 cm³/mol. The summed E-state index contributed by atoms with van der Waals surface area (Å²) in [6.45, 7) is 0.581. The van der Waals surface area contributed by atoms with E-state index < -0.39 is 23.7 Å². The van der Waals surface area contributed by atoms with Crippen molar-refractivity contribution in [2.24, 2.45) is 0 Å². The molecule has 11 nitrogen and oxygen atoms in total. The summed E-state index contributed by atoms with van der Waals surface area (Å²) < 4.78 is 0. The monoisotopic (exact) mass is 372 g/mol. The van der Waals surface area contributed by atoms with Crippen LogP contribution in [0.15, 0.2) is 24.3 Å². The highest BCUT2D eigenvalue weighted by Gasteiger charge is 2.05. The standard InChI is InChI=1S/C15H24N4O7/c20-10-7-18-13(23)2-1-12(22)16-5-8-19(11-21)9-6-17-14(24)3-4-15(25)26/h1-4,20-21H,5-11H2,(H,16,22)(H,17,24)(H,18,23)(H,25,26)/b2-1-,4-3-. The van der Waals surface area contributed by atoms with Crippen LogP contribution in [0.4, 0.5) is 0 Å². The number of nitrogens with one attached hydrogen (secondary N) is 3. The normalized spacial score (nSPS) is 11.0. The lowest BCUT2D eigenvalue weighted by Gasteiger charge is -2.19. The van der Waals surface area contributed by atoms with Crippen LogP contribution in [0.2, 0.25) is 0 Å². The van der Waals surface area contributed by atoms with Gasteiger partial charge in [0.25, 0.3) is 0 Å². The summed E-state index contributed by atoms with van der Waals surface area (Å²) in [5.41, 5.74) is 0. The Kier molecular flexibility index (Phi) is 13.0. The van der Waals surface area contributed by atoms with Crippen LogP contribution < -0.4 is 16.0 Å². The zero-order valence-corrected chi connectivity index (χ0v) is 14.2.